The van der Waals surface area contributed by atoms with E-state index in [9.17, 15) is 9.18 Å². The highest BCUT2D eigenvalue weighted by Gasteiger charge is 2.38. The van der Waals surface area contributed by atoms with Crippen LogP contribution in [0.2, 0.25) is 0 Å². The van der Waals surface area contributed by atoms with Crippen LogP contribution in [-0.4, -0.2) is 49.2 Å². The molecule has 0 bridgehead atoms. The van der Waals surface area contributed by atoms with Gasteiger partial charge in [0.25, 0.3) is 0 Å². The van der Waals surface area contributed by atoms with Gasteiger partial charge in [-0.3, -0.25) is 9.69 Å². The number of nitrogens with zero attached hydrogens (tertiary/aromatic N) is 1. The summed E-state index contributed by atoms with van der Waals surface area (Å²) in [5.74, 6) is -0.396. The Morgan fingerprint density at radius 2 is 2.07 bits per heavy atom. The molecule has 0 radical (unpaired) electrons. The highest BCUT2D eigenvalue weighted by Crippen LogP contribution is 2.32. The van der Waals surface area contributed by atoms with Crippen LogP contribution >= 0.6 is 24.8 Å². The third-order valence-electron chi connectivity index (χ3n) is 5.76. The van der Waals surface area contributed by atoms with Gasteiger partial charge >= 0.3 is 0 Å². The van der Waals surface area contributed by atoms with E-state index in [-0.39, 0.29) is 48.5 Å². The molecular formula is C20H32Cl2FN3O2. The largest absolute Gasteiger partial charge is 0.379 e. The first kappa shape index (κ1) is 25.1. The molecule has 1 aromatic rings. The summed E-state index contributed by atoms with van der Waals surface area (Å²) in [5, 5.41) is 3.10. The van der Waals surface area contributed by atoms with Crippen LogP contribution in [0.4, 0.5) is 4.39 Å². The molecule has 2 aliphatic rings. The van der Waals surface area contributed by atoms with Crippen LogP contribution in [0, 0.1) is 11.7 Å². The molecule has 1 heterocycles. The minimum atomic E-state index is -0.449. The van der Waals surface area contributed by atoms with E-state index in [1.165, 1.54) is 6.07 Å². The second kappa shape index (κ2) is 11.3. The highest BCUT2D eigenvalue weighted by atomic mass is 35.5. The van der Waals surface area contributed by atoms with Crippen LogP contribution in [0.15, 0.2) is 24.3 Å². The second-order valence-electron chi connectivity index (χ2n) is 7.77. The van der Waals surface area contributed by atoms with E-state index in [2.05, 4.69) is 10.2 Å². The number of carbonyl (C=O) groups is 1. The topological polar surface area (TPSA) is 67.6 Å². The number of nitrogens with two attached hydrogens (primary N) is 1. The van der Waals surface area contributed by atoms with Gasteiger partial charge in [0.05, 0.1) is 25.2 Å². The summed E-state index contributed by atoms with van der Waals surface area (Å²) in [6, 6.07) is 6.58. The van der Waals surface area contributed by atoms with Crippen LogP contribution in [0.3, 0.4) is 0 Å². The molecule has 1 aliphatic heterocycles. The molecule has 1 amide bonds. The average molecular weight is 436 g/mol. The Morgan fingerprint density at radius 1 is 1.36 bits per heavy atom. The second-order valence-corrected chi connectivity index (χ2v) is 7.77. The lowest BCUT2D eigenvalue weighted by atomic mass is 9.74. The molecule has 3 atom stereocenters. The predicted octanol–water partition coefficient (Wildman–Crippen LogP) is 3.07. The van der Waals surface area contributed by atoms with Crippen LogP contribution in [0.1, 0.15) is 44.2 Å². The van der Waals surface area contributed by atoms with Crippen molar-refractivity contribution in [2.24, 2.45) is 11.7 Å². The molecule has 1 aliphatic carbocycles. The zero-order chi connectivity index (χ0) is 18.6. The van der Waals surface area contributed by atoms with Gasteiger partial charge in [-0.2, -0.15) is 0 Å². The minimum absolute atomic E-state index is 0. The van der Waals surface area contributed by atoms with Gasteiger partial charge in [-0.25, -0.2) is 4.39 Å². The van der Waals surface area contributed by atoms with Crippen LogP contribution in [0.5, 0.6) is 0 Å². The lowest BCUT2D eigenvalue weighted by Gasteiger charge is -2.38. The smallest absolute Gasteiger partial charge is 0.225 e. The summed E-state index contributed by atoms with van der Waals surface area (Å²) in [5.41, 5.74) is 6.80. The lowest BCUT2D eigenvalue weighted by molar-refractivity contribution is -0.128. The highest BCUT2D eigenvalue weighted by molar-refractivity contribution is 5.85. The van der Waals surface area contributed by atoms with E-state index >= 15 is 0 Å². The van der Waals surface area contributed by atoms with Gasteiger partial charge in [-0.1, -0.05) is 25.0 Å². The number of rotatable bonds is 5. The summed E-state index contributed by atoms with van der Waals surface area (Å²) in [6.07, 6.45) is 3.83. The fraction of sp³-hybridized carbons (Fsp3) is 0.650. The standard InChI is InChI=1S/C20H30FN3O2.2ClH/c1-20(22)8-3-2-7-17(20)19(25)23-14-18(24-9-11-26-12-10-24)15-5-4-6-16(21)13-15;;/h4-6,13,17-18H,2-3,7-12,14,22H2,1H3,(H,23,25);2*1H. The molecule has 1 aromatic carbocycles. The molecule has 160 valence electrons. The molecule has 1 saturated heterocycles. The van der Waals surface area contributed by atoms with Gasteiger partial charge in [0.15, 0.2) is 0 Å². The Hall–Kier alpha value is -0.920. The Morgan fingerprint density at radius 3 is 2.71 bits per heavy atom. The maximum atomic E-state index is 13.7. The Labute approximate surface area is 179 Å². The summed E-state index contributed by atoms with van der Waals surface area (Å²) in [4.78, 5) is 15.0. The molecule has 0 aromatic heterocycles. The van der Waals surface area contributed by atoms with Gasteiger partial charge in [0.2, 0.25) is 5.91 Å². The van der Waals surface area contributed by atoms with Gasteiger partial charge < -0.3 is 15.8 Å². The average Bonchev–Trinajstić information content (AvgIpc) is 2.62. The first-order valence-corrected chi connectivity index (χ1v) is 9.61. The quantitative estimate of drug-likeness (QED) is 0.745. The summed E-state index contributed by atoms with van der Waals surface area (Å²) in [6.45, 7) is 5.29. The van der Waals surface area contributed by atoms with Crippen molar-refractivity contribution >= 4 is 30.7 Å². The van der Waals surface area contributed by atoms with E-state index in [4.69, 9.17) is 10.5 Å². The number of hydrogen-bond acceptors (Lipinski definition) is 4. The first-order chi connectivity index (χ1) is 12.5. The Balaban J connectivity index is 0.00000196. The van der Waals surface area contributed by atoms with Gasteiger partial charge in [-0.05, 0) is 37.5 Å². The molecule has 3 rings (SSSR count). The maximum absolute atomic E-state index is 13.7. The molecule has 1 saturated carbocycles. The third kappa shape index (κ3) is 6.29. The molecule has 28 heavy (non-hydrogen) atoms. The molecular weight excluding hydrogens is 404 g/mol. The van der Waals surface area contributed by atoms with Crippen molar-refractivity contribution in [2.45, 2.75) is 44.2 Å². The van der Waals surface area contributed by atoms with Crippen molar-refractivity contribution in [3.05, 3.63) is 35.6 Å². The van der Waals surface area contributed by atoms with Crippen molar-refractivity contribution in [1.29, 1.82) is 0 Å². The van der Waals surface area contributed by atoms with Crippen molar-refractivity contribution in [3.8, 4) is 0 Å². The number of nitrogens with one attached hydrogen (secondary N) is 1. The fourth-order valence-corrected chi connectivity index (χ4v) is 4.17. The van der Waals surface area contributed by atoms with E-state index in [0.29, 0.717) is 19.8 Å². The van der Waals surface area contributed by atoms with Gasteiger partial charge in [0, 0.05) is 25.2 Å². The number of benzene rings is 1. The van der Waals surface area contributed by atoms with Crippen molar-refractivity contribution in [3.63, 3.8) is 0 Å². The molecule has 2 fully saturated rings. The number of halogens is 3. The third-order valence-corrected chi connectivity index (χ3v) is 5.76. The van der Waals surface area contributed by atoms with Crippen molar-refractivity contribution < 1.29 is 13.9 Å². The lowest BCUT2D eigenvalue weighted by Crippen LogP contribution is -2.54. The SMILES string of the molecule is CC1(N)CCCCC1C(=O)NCC(c1cccc(F)c1)N1CCOCC1.Cl.Cl. The summed E-state index contributed by atoms with van der Waals surface area (Å²) >= 11 is 0. The number of amides is 1. The minimum Gasteiger partial charge on any atom is -0.379 e. The zero-order valence-corrected chi connectivity index (χ0v) is 18.0. The van der Waals surface area contributed by atoms with Gasteiger partial charge in [-0.15, -0.1) is 24.8 Å². The van der Waals surface area contributed by atoms with Crippen molar-refractivity contribution in [2.75, 3.05) is 32.8 Å². The summed E-state index contributed by atoms with van der Waals surface area (Å²) in [7, 11) is 0. The zero-order valence-electron chi connectivity index (χ0n) is 16.4. The normalized spacial score (nSPS) is 26.5. The van der Waals surface area contributed by atoms with Crippen LogP contribution in [-0.2, 0) is 9.53 Å². The monoisotopic (exact) mass is 435 g/mol. The van der Waals surface area contributed by atoms with E-state index in [0.717, 1.165) is 44.3 Å². The molecule has 8 heteroatoms. The fourth-order valence-electron chi connectivity index (χ4n) is 4.17. The predicted molar refractivity (Wildman–Crippen MR) is 114 cm³/mol. The number of ether oxygens (including phenoxy) is 1. The molecule has 0 spiro atoms. The first-order valence-electron chi connectivity index (χ1n) is 9.61. The Bertz CT molecular complexity index is 627. The van der Waals surface area contributed by atoms with Crippen LogP contribution < -0.4 is 11.1 Å². The Kier molecular flexibility index (Phi) is 10.1. The summed E-state index contributed by atoms with van der Waals surface area (Å²) < 4.78 is 19.2. The number of carbonyl (C=O) groups excluding carboxylic acids is 1. The molecule has 3 N–H and O–H groups in total. The van der Waals surface area contributed by atoms with Gasteiger partial charge in [0.1, 0.15) is 5.82 Å². The molecule has 5 nitrogen and oxygen atoms in total. The van der Waals surface area contributed by atoms with E-state index in [1.54, 1.807) is 12.1 Å². The van der Waals surface area contributed by atoms with E-state index < -0.39 is 5.54 Å². The van der Waals surface area contributed by atoms with Crippen molar-refractivity contribution in [1.82, 2.24) is 10.2 Å². The van der Waals surface area contributed by atoms with E-state index in [1.807, 2.05) is 13.0 Å². The number of morpholine rings is 1. The van der Waals surface area contributed by atoms with Crippen LogP contribution in [0.25, 0.3) is 0 Å². The number of hydrogen-bond donors (Lipinski definition) is 2. The molecule has 3 unspecified atom stereocenters. The maximum Gasteiger partial charge on any atom is 0.225 e.